The van der Waals surface area contributed by atoms with Gasteiger partial charge < -0.3 is 10.1 Å². The van der Waals surface area contributed by atoms with E-state index in [-0.39, 0.29) is 17.8 Å². The highest BCUT2D eigenvalue weighted by molar-refractivity contribution is 6.19. The average Bonchev–Trinajstić information content (AvgIpc) is 2.77. The molecule has 0 bridgehead atoms. The maximum atomic E-state index is 14.2. The number of allylic oxidation sites excluding steroid dienone is 3. The zero-order valence-electron chi connectivity index (χ0n) is 11.8. The lowest BCUT2D eigenvalue weighted by Crippen LogP contribution is -2.18. The number of carbonyl (C=O) groups excluding carboxylic acids is 1. The third-order valence-corrected chi connectivity index (χ3v) is 3.26. The number of ether oxygens (including phenoxy) is 1. The number of aliphatic imine (C=N–C) groups is 1. The molecule has 5 heteroatoms. The van der Waals surface area contributed by atoms with Gasteiger partial charge in [-0.2, -0.15) is 4.99 Å². The maximum Gasteiger partial charge on any atom is 0.346 e. The summed E-state index contributed by atoms with van der Waals surface area (Å²) in [5.74, 6) is -0.113. The van der Waals surface area contributed by atoms with E-state index in [0.29, 0.717) is 22.7 Å². The van der Waals surface area contributed by atoms with Crippen LogP contribution in [-0.2, 0) is 0 Å². The van der Waals surface area contributed by atoms with Crippen molar-refractivity contribution in [3.05, 3.63) is 53.5 Å². The van der Waals surface area contributed by atoms with Crippen LogP contribution in [0.1, 0.15) is 25.3 Å². The van der Waals surface area contributed by atoms with Crippen LogP contribution in [-0.4, -0.2) is 17.8 Å². The molecule has 0 radical (unpaired) electrons. The molecular weight excluding hydrogens is 271 g/mol. The van der Waals surface area contributed by atoms with Gasteiger partial charge in [-0.1, -0.05) is 12.1 Å². The summed E-state index contributed by atoms with van der Waals surface area (Å²) in [5.41, 5.74) is 1.67. The van der Waals surface area contributed by atoms with Crippen LogP contribution in [0.3, 0.4) is 0 Å². The largest absolute Gasteiger partial charge is 0.491 e. The number of carbonyl (C=O) groups is 1. The van der Waals surface area contributed by atoms with Crippen LogP contribution in [0.4, 0.5) is 9.18 Å². The van der Waals surface area contributed by atoms with Crippen molar-refractivity contribution in [3.8, 4) is 5.75 Å². The van der Waals surface area contributed by atoms with Gasteiger partial charge in [-0.25, -0.2) is 9.18 Å². The second kappa shape index (κ2) is 5.16. The lowest BCUT2D eigenvalue weighted by atomic mass is 9.91. The van der Waals surface area contributed by atoms with Crippen molar-refractivity contribution in [2.24, 2.45) is 4.99 Å². The number of hydrogen-bond acceptors (Lipinski definition) is 2. The van der Waals surface area contributed by atoms with Gasteiger partial charge in [0.1, 0.15) is 11.6 Å². The number of rotatable bonds is 3. The van der Waals surface area contributed by atoms with Crippen molar-refractivity contribution in [3.63, 3.8) is 0 Å². The van der Waals surface area contributed by atoms with Gasteiger partial charge in [0.25, 0.3) is 0 Å². The SMILES string of the molecule is CC(C)Oc1cccc(F)c1C1C=CC2=NC(=O)NC2=C1. The minimum Gasteiger partial charge on any atom is -0.491 e. The highest BCUT2D eigenvalue weighted by Crippen LogP contribution is 2.34. The molecule has 1 unspecified atom stereocenters. The molecule has 1 aromatic carbocycles. The Labute approximate surface area is 122 Å². The molecular formula is C16H15FN2O2. The second-order valence-electron chi connectivity index (χ2n) is 5.21. The summed E-state index contributed by atoms with van der Waals surface area (Å²) in [6, 6.07) is 4.39. The van der Waals surface area contributed by atoms with E-state index >= 15 is 0 Å². The summed E-state index contributed by atoms with van der Waals surface area (Å²) in [7, 11) is 0. The number of fused-ring (bicyclic) bond motifs is 1. The van der Waals surface area contributed by atoms with Crippen LogP contribution in [0, 0.1) is 5.82 Å². The molecule has 1 aliphatic carbocycles. The third kappa shape index (κ3) is 2.59. The number of amides is 2. The Balaban J connectivity index is 2.00. The van der Waals surface area contributed by atoms with Gasteiger partial charge in [-0.3, -0.25) is 0 Å². The smallest absolute Gasteiger partial charge is 0.346 e. The molecule has 2 amide bonds. The van der Waals surface area contributed by atoms with Gasteiger partial charge >= 0.3 is 6.03 Å². The lowest BCUT2D eigenvalue weighted by Gasteiger charge is -2.20. The highest BCUT2D eigenvalue weighted by Gasteiger charge is 2.25. The highest BCUT2D eigenvalue weighted by atomic mass is 19.1. The van der Waals surface area contributed by atoms with Crippen molar-refractivity contribution in [2.75, 3.05) is 0 Å². The second-order valence-corrected chi connectivity index (χ2v) is 5.21. The van der Waals surface area contributed by atoms with E-state index in [1.807, 2.05) is 19.9 Å². The monoisotopic (exact) mass is 286 g/mol. The molecule has 4 nitrogen and oxygen atoms in total. The Morgan fingerprint density at radius 1 is 1.38 bits per heavy atom. The van der Waals surface area contributed by atoms with E-state index in [4.69, 9.17) is 4.74 Å². The first-order valence-electron chi connectivity index (χ1n) is 6.79. The van der Waals surface area contributed by atoms with Crippen molar-refractivity contribution < 1.29 is 13.9 Å². The van der Waals surface area contributed by atoms with Gasteiger partial charge in [0, 0.05) is 11.5 Å². The first-order chi connectivity index (χ1) is 10.0. The van der Waals surface area contributed by atoms with Crippen molar-refractivity contribution in [2.45, 2.75) is 25.9 Å². The lowest BCUT2D eigenvalue weighted by molar-refractivity contribution is 0.238. The normalized spacial score (nSPS) is 20.0. The standard InChI is InChI=1S/C16H15FN2O2/c1-9(2)21-14-5-3-4-11(17)15(14)10-6-7-12-13(8-10)19-16(20)18-12/h3-10H,1-2H3,(H,19,20). The topological polar surface area (TPSA) is 50.7 Å². The van der Waals surface area contributed by atoms with Gasteiger partial charge in [-0.05, 0) is 38.1 Å². The number of benzene rings is 1. The van der Waals surface area contributed by atoms with E-state index < -0.39 is 6.03 Å². The van der Waals surface area contributed by atoms with Gasteiger partial charge in [0.05, 0.1) is 17.5 Å². The molecule has 2 aliphatic rings. The maximum absolute atomic E-state index is 14.2. The first kappa shape index (κ1) is 13.5. The van der Waals surface area contributed by atoms with Crippen LogP contribution in [0.15, 0.2) is 47.1 Å². The van der Waals surface area contributed by atoms with Crippen LogP contribution < -0.4 is 10.1 Å². The molecule has 0 saturated heterocycles. The fourth-order valence-corrected chi connectivity index (χ4v) is 2.44. The minimum atomic E-state index is -0.395. The van der Waals surface area contributed by atoms with Gasteiger partial charge in [0.15, 0.2) is 0 Å². The Bertz CT molecular complexity index is 690. The number of nitrogens with one attached hydrogen (secondary N) is 1. The summed E-state index contributed by atoms with van der Waals surface area (Å²) in [6.45, 7) is 3.79. The minimum absolute atomic E-state index is 0.0471. The number of halogens is 1. The zero-order chi connectivity index (χ0) is 15.0. The van der Waals surface area contributed by atoms with Crippen molar-refractivity contribution >= 4 is 11.7 Å². The molecule has 1 atom stereocenters. The quantitative estimate of drug-likeness (QED) is 0.926. The summed E-state index contributed by atoms with van der Waals surface area (Å²) >= 11 is 0. The van der Waals surface area contributed by atoms with Crippen LogP contribution in [0.5, 0.6) is 5.75 Å². The van der Waals surface area contributed by atoms with E-state index in [9.17, 15) is 9.18 Å². The predicted octanol–water partition coefficient (Wildman–Crippen LogP) is 3.31. The number of urea groups is 1. The molecule has 0 fully saturated rings. The first-order valence-corrected chi connectivity index (χ1v) is 6.79. The van der Waals surface area contributed by atoms with E-state index in [1.54, 1.807) is 24.3 Å². The van der Waals surface area contributed by atoms with Crippen LogP contribution in [0.25, 0.3) is 0 Å². The molecule has 1 aliphatic heterocycles. The third-order valence-electron chi connectivity index (χ3n) is 3.26. The predicted molar refractivity (Wildman–Crippen MR) is 78.1 cm³/mol. The molecule has 108 valence electrons. The molecule has 1 aromatic rings. The Kier molecular flexibility index (Phi) is 3.33. The summed E-state index contributed by atoms with van der Waals surface area (Å²) in [5, 5.41) is 2.64. The van der Waals surface area contributed by atoms with Gasteiger partial charge in [0.2, 0.25) is 0 Å². The zero-order valence-corrected chi connectivity index (χ0v) is 11.8. The Hall–Kier alpha value is -2.43. The van der Waals surface area contributed by atoms with E-state index in [0.717, 1.165) is 0 Å². The molecule has 0 saturated carbocycles. The van der Waals surface area contributed by atoms with Crippen LogP contribution >= 0.6 is 0 Å². The number of nitrogens with zero attached hydrogens (tertiary/aromatic N) is 1. The number of hydrogen-bond donors (Lipinski definition) is 1. The summed E-state index contributed by atoms with van der Waals surface area (Å²) in [4.78, 5) is 15.1. The fourth-order valence-electron chi connectivity index (χ4n) is 2.44. The fraction of sp³-hybridized carbons (Fsp3) is 0.250. The molecule has 21 heavy (non-hydrogen) atoms. The summed E-state index contributed by atoms with van der Waals surface area (Å²) in [6.07, 6.45) is 5.28. The molecule has 3 rings (SSSR count). The van der Waals surface area contributed by atoms with Crippen LogP contribution in [0.2, 0.25) is 0 Å². The molecule has 1 heterocycles. The Morgan fingerprint density at radius 3 is 2.95 bits per heavy atom. The van der Waals surface area contributed by atoms with Gasteiger partial charge in [-0.15, -0.1) is 0 Å². The summed E-state index contributed by atoms with van der Waals surface area (Å²) < 4.78 is 19.9. The molecule has 0 spiro atoms. The average molecular weight is 286 g/mol. The molecule has 1 N–H and O–H groups in total. The van der Waals surface area contributed by atoms with E-state index in [1.165, 1.54) is 6.07 Å². The van der Waals surface area contributed by atoms with E-state index in [2.05, 4.69) is 10.3 Å². The Morgan fingerprint density at radius 2 is 2.19 bits per heavy atom. The molecule has 0 aromatic heterocycles. The van der Waals surface area contributed by atoms with Crippen molar-refractivity contribution in [1.29, 1.82) is 0 Å². The van der Waals surface area contributed by atoms with Crippen molar-refractivity contribution in [1.82, 2.24) is 5.32 Å².